The molecule has 0 aliphatic rings. The van der Waals surface area contributed by atoms with Crippen molar-refractivity contribution in [3.8, 4) is 0 Å². The van der Waals surface area contributed by atoms with E-state index in [1.54, 1.807) is 20.8 Å². The largest absolute Gasteiger partial charge is 0.452 e. The maximum Gasteiger partial charge on any atom is 0.338 e. The summed E-state index contributed by atoms with van der Waals surface area (Å²) in [5.41, 5.74) is -0.568. The maximum absolute atomic E-state index is 12.2. The van der Waals surface area contributed by atoms with Crippen LogP contribution in [0.2, 0.25) is 0 Å². The Balaban J connectivity index is 2.57. The zero-order valence-corrected chi connectivity index (χ0v) is 17.3. The molecule has 156 valence electrons. The summed E-state index contributed by atoms with van der Waals surface area (Å²) in [6.07, 6.45) is 1.69. The lowest BCUT2D eigenvalue weighted by Gasteiger charge is -2.20. The minimum absolute atomic E-state index is 0.000434. The Bertz CT molecular complexity index is 798. The third kappa shape index (κ3) is 8.49. The van der Waals surface area contributed by atoms with Crippen LogP contribution in [0.25, 0.3) is 0 Å². The molecule has 28 heavy (non-hydrogen) atoms. The van der Waals surface area contributed by atoms with Crippen molar-refractivity contribution in [2.45, 2.75) is 51.0 Å². The lowest BCUT2D eigenvalue weighted by atomic mass is 10.1. The predicted octanol–water partition coefficient (Wildman–Crippen LogP) is 1.55. The van der Waals surface area contributed by atoms with Gasteiger partial charge in [-0.2, -0.15) is 0 Å². The number of benzene rings is 1. The average Bonchev–Trinajstić information content (AvgIpc) is 2.58. The van der Waals surface area contributed by atoms with Crippen molar-refractivity contribution in [3.05, 3.63) is 29.8 Å². The molecule has 0 atom stereocenters. The lowest BCUT2D eigenvalue weighted by molar-refractivity contribution is -0.123. The lowest BCUT2D eigenvalue weighted by Crippen LogP contribution is -2.41. The van der Waals surface area contributed by atoms with Gasteiger partial charge in [-0.25, -0.2) is 22.7 Å². The number of urea groups is 1. The number of carbonyl (C=O) groups excluding carboxylic acids is 3. The van der Waals surface area contributed by atoms with Crippen molar-refractivity contribution >= 4 is 27.9 Å². The van der Waals surface area contributed by atoms with Crippen molar-refractivity contribution in [3.63, 3.8) is 0 Å². The molecule has 1 aromatic carbocycles. The molecule has 0 fully saturated rings. The molecular weight excluding hydrogens is 386 g/mol. The van der Waals surface area contributed by atoms with E-state index in [0.717, 1.165) is 12.8 Å². The van der Waals surface area contributed by atoms with Crippen molar-refractivity contribution in [2.24, 2.45) is 0 Å². The summed E-state index contributed by atoms with van der Waals surface area (Å²) in [6, 6.07) is 4.46. The fraction of sp³-hybridized carbons (Fsp3) is 0.500. The van der Waals surface area contributed by atoms with Gasteiger partial charge in [0.15, 0.2) is 6.61 Å². The number of hydrogen-bond acceptors (Lipinski definition) is 6. The molecule has 0 heterocycles. The van der Waals surface area contributed by atoms with E-state index in [-0.39, 0.29) is 10.5 Å². The number of hydrogen-bond donors (Lipinski definition) is 3. The molecule has 9 nitrogen and oxygen atoms in total. The molecule has 0 aromatic heterocycles. The molecule has 3 amide bonds. The average molecular weight is 413 g/mol. The monoisotopic (exact) mass is 413 g/mol. The van der Waals surface area contributed by atoms with E-state index >= 15 is 0 Å². The summed E-state index contributed by atoms with van der Waals surface area (Å²) in [5, 5.41) is 4.54. The van der Waals surface area contributed by atoms with Gasteiger partial charge in [-0.3, -0.25) is 10.1 Å². The molecule has 10 heteroatoms. The Kier molecular flexibility index (Phi) is 8.58. The van der Waals surface area contributed by atoms with Crippen LogP contribution in [-0.4, -0.2) is 45.0 Å². The van der Waals surface area contributed by atoms with Crippen molar-refractivity contribution < 1.29 is 27.5 Å². The van der Waals surface area contributed by atoms with Crippen molar-refractivity contribution in [1.29, 1.82) is 0 Å². The first-order valence-electron chi connectivity index (χ1n) is 8.83. The van der Waals surface area contributed by atoms with Gasteiger partial charge in [0.05, 0.1) is 10.5 Å². The van der Waals surface area contributed by atoms with E-state index in [1.165, 1.54) is 24.3 Å². The summed E-state index contributed by atoms with van der Waals surface area (Å²) in [6.45, 7) is 6.91. The highest BCUT2D eigenvalue weighted by Gasteiger charge is 2.22. The highest BCUT2D eigenvalue weighted by Crippen LogP contribution is 2.14. The van der Waals surface area contributed by atoms with Gasteiger partial charge in [0, 0.05) is 12.1 Å². The molecule has 0 saturated heterocycles. The van der Waals surface area contributed by atoms with Gasteiger partial charge in [0.25, 0.3) is 5.91 Å². The van der Waals surface area contributed by atoms with Crippen LogP contribution in [0.3, 0.4) is 0 Å². The summed E-state index contributed by atoms with van der Waals surface area (Å²) in [5.74, 6) is -1.58. The normalized spacial score (nSPS) is 11.6. The Morgan fingerprint density at radius 2 is 1.68 bits per heavy atom. The number of imide groups is 1. The zero-order chi connectivity index (χ0) is 21.4. The summed E-state index contributed by atoms with van der Waals surface area (Å²) < 4.78 is 31.8. The number of rotatable bonds is 8. The molecule has 3 N–H and O–H groups in total. The van der Waals surface area contributed by atoms with Crippen LogP contribution in [0, 0.1) is 0 Å². The summed E-state index contributed by atoms with van der Waals surface area (Å²) >= 11 is 0. The van der Waals surface area contributed by atoms with Gasteiger partial charge >= 0.3 is 12.0 Å². The smallest absolute Gasteiger partial charge is 0.338 e. The Hall–Kier alpha value is -2.46. The quantitative estimate of drug-likeness (QED) is 0.438. The number of carbonyl (C=O) groups is 3. The molecular formula is C18H27N3O6S. The molecule has 0 radical (unpaired) electrons. The second kappa shape index (κ2) is 10.2. The third-order valence-electron chi connectivity index (χ3n) is 3.24. The van der Waals surface area contributed by atoms with Crippen LogP contribution in [0.4, 0.5) is 4.79 Å². The maximum atomic E-state index is 12.2. The van der Waals surface area contributed by atoms with Crippen molar-refractivity contribution in [1.82, 2.24) is 15.4 Å². The molecule has 0 aliphatic heterocycles. The van der Waals surface area contributed by atoms with Gasteiger partial charge < -0.3 is 10.1 Å². The van der Waals surface area contributed by atoms with Gasteiger partial charge in [0.1, 0.15) is 0 Å². The van der Waals surface area contributed by atoms with E-state index in [9.17, 15) is 22.8 Å². The number of nitrogens with one attached hydrogen (secondary N) is 3. The van der Waals surface area contributed by atoms with E-state index < -0.39 is 40.1 Å². The first-order valence-corrected chi connectivity index (χ1v) is 10.3. The molecule has 0 spiro atoms. The summed E-state index contributed by atoms with van der Waals surface area (Å²) in [4.78, 5) is 35.0. The Morgan fingerprint density at radius 1 is 1.07 bits per heavy atom. The number of esters is 1. The van der Waals surface area contributed by atoms with Crippen LogP contribution in [0.5, 0.6) is 0 Å². The van der Waals surface area contributed by atoms with Gasteiger partial charge in [0.2, 0.25) is 10.0 Å². The molecule has 0 unspecified atom stereocenters. The van der Waals surface area contributed by atoms with Gasteiger partial charge in [-0.1, -0.05) is 13.3 Å². The van der Waals surface area contributed by atoms with Crippen LogP contribution in [0.1, 0.15) is 50.9 Å². The fourth-order valence-corrected chi connectivity index (χ4v) is 3.45. The second-order valence-electron chi connectivity index (χ2n) is 7.11. The Labute approximate surface area is 165 Å². The molecule has 1 rings (SSSR count). The standard InChI is InChI=1S/C18H27N3O6S/c1-5-6-11-19-17(24)20-15(22)12-27-16(23)13-7-9-14(10-8-13)28(25,26)21-18(2,3)4/h7-10,21H,5-6,11-12H2,1-4H3,(H2,19,20,22,24). The molecule has 0 aliphatic carbocycles. The molecule has 0 saturated carbocycles. The first-order chi connectivity index (χ1) is 12.9. The van der Waals surface area contributed by atoms with Crippen LogP contribution < -0.4 is 15.4 Å². The Morgan fingerprint density at radius 3 is 2.21 bits per heavy atom. The SMILES string of the molecule is CCCCNC(=O)NC(=O)COC(=O)c1ccc(S(=O)(=O)NC(C)(C)C)cc1. The minimum Gasteiger partial charge on any atom is -0.452 e. The van der Waals surface area contributed by atoms with Crippen LogP contribution >= 0.6 is 0 Å². The molecule has 1 aromatic rings. The van der Waals surface area contributed by atoms with E-state index in [4.69, 9.17) is 4.74 Å². The third-order valence-corrected chi connectivity index (χ3v) is 5.02. The second-order valence-corrected chi connectivity index (χ2v) is 8.80. The highest BCUT2D eigenvalue weighted by atomic mass is 32.2. The predicted molar refractivity (Wildman–Crippen MR) is 103 cm³/mol. The van der Waals surface area contributed by atoms with Gasteiger partial charge in [-0.15, -0.1) is 0 Å². The molecule has 0 bridgehead atoms. The van der Waals surface area contributed by atoms with E-state index in [1.807, 2.05) is 12.2 Å². The van der Waals surface area contributed by atoms with E-state index in [0.29, 0.717) is 6.54 Å². The van der Waals surface area contributed by atoms with E-state index in [2.05, 4.69) is 10.0 Å². The highest BCUT2D eigenvalue weighted by molar-refractivity contribution is 7.89. The minimum atomic E-state index is -3.72. The number of sulfonamides is 1. The zero-order valence-electron chi connectivity index (χ0n) is 16.5. The van der Waals surface area contributed by atoms with Gasteiger partial charge in [-0.05, 0) is 51.5 Å². The van der Waals surface area contributed by atoms with Crippen LogP contribution in [0.15, 0.2) is 29.2 Å². The first kappa shape index (κ1) is 23.6. The van der Waals surface area contributed by atoms with Crippen LogP contribution in [-0.2, 0) is 19.6 Å². The fourth-order valence-electron chi connectivity index (χ4n) is 2.03. The number of ether oxygens (including phenoxy) is 1. The number of amides is 3. The summed E-state index contributed by atoms with van der Waals surface area (Å²) in [7, 11) is -3.72. The van der Waals surface area contributed by atoms with Crippen molar-refractivity contribution in [2.75, 3.05) is 13.2 Å². The topological polar surface area (TPSA) is 131 Å². The number of unbranched alkanes of at least 4 members (excludes halogenated alkanes) is 1.